The lowest BCUT2D eigenvalue weighted by Gasteiger charge is -2.04. The molecule has 0 saturated carbocycles. The van der Waals surface area contributed by atoms with E-state index in [9.17, 15) is 8.42 Å². The van der Waals surface area contributed by atoms with Crippen LogP contribution in [0.2, 0.25) is 0 Å². The summed E-state index contributed by atoms with van der Waals surface area (Å²) in [4.78, 5) is 4.22. The molecule has 0 bridgehead atoms. The van der Waals surface area contributed by atoms with E-state index >= 15 is 0 Å². The summed E-state index contributed by atoms with van der Waals surface area (Å²) in [7, 11) is 1.64. The molecule has 2 rings (SSSR count). The smallest absolute Gasteiger partial charge is 0.261 e. The summed E-state index contributed by atoms with van der Waals surface area (Å²) >= 11 is 0. The zero-order valence-electron chi connectivity index (χ0n) is 8.34. The van der Waals surface area contributed by atoms with Crippen molar-refractivity contribution in [3.63, 3.8) is 0 Å². The minimum absolute atomic E-state index is 0. The number of benzene rings is 1. The highest BCUT2D eigenvalue weighted by Gasteiger charge is 2.14. The molecule has 0 fully saturated rings. The van der Waals surface area contributed by atoms with Crippen molar-refractivity contribution in [2.24, 2.45) is 0 Å². The van der Waals surface area contributed by atoms with E-state index in [0.29, 0.717) is 5.39 Å². The summed E-state index contributed by atoms with van der Waals surface area (Å²) in [5.74, 6) is 0. The van der Waals surface area contributed by atoms with Crippen LogP contribution in [0.3, 0.4) is 0 Å². The average Bonchev–Trinajstić information content (AvgIpc) is 2.16. The molecule has 6 heteroatoms. The van der Waals surface area contributed by atoms with Crippen molar-refractivity contribution in [1.29, 1.82) is 0 Å². The van der Waals surface area contributed by atoms with E-state index in [1.807, 2.05) is 13.0 Å². The van der Waals surface area contributed by atoms with Crippen LogP contribution in [0.25, 0.3) is 10.8 Å². The molecule has 2 aromatic rings. The maximum atomic E-state index is 11.3. The maximum absolute atomic E-state index is 11.3. The molecule has 0 unspecified atom stereocenters. The quantitative estimate of drug-likeness (QED) is 0.753. The van der Waals surface area contributed by atoms with E-state index in [2.05, 4.69) is 4.98 Å². The number of aryl methyl sites for hydroxylation is 1. The van der Waals surface area contributed by atoms with Crippen LogP contribution in [-0.2, 0) is 9.05 Å². The van der Waals surface area contributed by atoms with Crippen molar-refractivity contribution in [2.75, 3.05) is 0 Å². The number of pyridine rings is 1. The summed E-state index contributed by atoms with van der Waals surface area (Å²) in [5, 5.41) is 1.42. The van der Waals surface area contributed by atoms with Gasteiger partial charge in [-0.1, -0.05) is 12.1 Å². The molecule has 0 spiro atoms. The number of rotatable bonds is 1. The Morgan fingerprint density at radius 1 is 1.19 bits per heavy atom. The Hall–Kier alpha value is -0.840. The predicted octanol–water partition coefficient (Wildman–Crippen LogP) is 2.89. The van der Waals surface area contributed by atoms with Crippen molar-refractivity contribution < 1.29 is 8.42 Å². The topological polar surface area (TPSA) is 47.0 Å². The number of hydrogen-bond donors (Lipinski definition) is 0. The third-order valence-corrected chi connectivity index (χ3v) is 3.61. The minimum Gasteiger partial charge on any atom is -0.261 e. The van der Waals surface area contributed by atoms with Gasteiger partial charge in [0.05, 0.1) is 4.90 Å². The number of nitrogens with zero attached hydrogens (tertiary/aromatic N) is 1. The third kappa shape index (κ3) is 2.29. The van der Waals surface area contributed by atoms with Gasteiger partial charge >= 0.3 is 0 Å². The lowest BCUT2D eigenvalue weighted by atomic mass is 10.1. The molecular weight excluding hydrogens is 269 g/mol. The van der Waals surface area contributed by atoms with Crippen LogP contribution in [0.15, 0.2) is 35.4 Å². The summed E-state index contributed by atoms with van der Waals surface area (Å²) in [6, 6.07) is 6.62. The van der Waals surface area contributed by atoms with Crippen molar-refractivity contribution in [3.8, 4) is 0 Å². The van der Waals surface area contributed by atoms with Crippen LogP contribution >= 0.6 is 23.1 Å². The van der Waals surface area contributed by atoms with Crippen LogP contribution in [0.4, 0.5) is 0 Å². The summed E-state index contributed by atoms with van der Waals surface area (Å²) < 4.78 is 22.6. The fourth-order valence-corrected chi connectivity index (χ4v) is 2.62. The molecule has 0 aliphatic carbocycles. The molecule has 86 valence electrons. The largest absolute Gasteiger partial charge is 0.261 e. The third-order valence-electron chi connectivity index (χ3n) is 2.23. The highest BCUT2D eigenvalue weighted by molar-refractivity contribution is 8.14. The molecule has 0 atom stereocenters. The van der Waals surface area contributed by atoms with Crippen LogP contribution in [0, 0.1) is 6.92 Å². The van der Waals surface area contributed by atoms with Crippen LogP contribution in [0.1, 0.15) is 5.69 Å². The standard InChI is InChI=1S/C10H8ClNO2S.ClH/c1-7-8-3-2-4-10(15(11,13)14)9(8)5-6-12-7;/h2-6H,1H3;1H. The highest BCUT2D eigenvalue weighted by Crippen LogP contribution is 2.26. The van der Waals surface area contributed by atoms with Gasteiger partial charge in [-0.3, -0.25) is 4.98 Å². The number of hydrogen-bond acceptors (Lipinski definition) is 3. The first-order chi connectivity index (χ1) is 7.00. The van der Waals surface area contributed by atoms with E-state index in [0.717, 1.165) is 11.1 Å². The van der Waals surface area contributed by atoms with Gasteiger partial charge in [-0.2, -0.15) is 0 Å². The fourth-order valence-electron chi connectivity index (χ4n) is 1.54. The fraction of sp³-hybridized carbons (Fsp3) is 0.100. The molecule has 3 nitrogen and oxygen atoms in total. The van der Waals surface area contributed by atoms with Crippen molar-refractivity contribution >= 4 is 42.9 Å². The van der Waals surface area contributed by atoms with Gasteiger partial charge in [-0.05, 0) is 19.1 Å². The monoisotopic (exact) mass is 277 g/mol. The molecule has 0 amide bonds. The summed E-state index contributed by atoms with van der Waals surface area (Å²) in [5.41, 5.74) is 0.787. The Labute approximate surface area is 104 Å². The second-order valence-electron chi connectivity index (χ2n) is 3.19. The number of halogens is 2. The zero-order chi connectivity index (χ0) is 11.1. The molecule has 0 saturated heterocycles. The molecule has 1 aromatic heterocycles. The summed E-state index contributed by atoms with van der Waals surface area (Å²) in [6.07, 6.45) is 1.57. The van der Waals surface area contributed by atoms with Gasteiger partial charge in [-0.25, -0.2) is 8.42 Å². The predicted molar refractivity (Wildman–Crippen MR) is 66.8 cm³/mol. The Kier molecular flexibility index (Phi) is 3.78. The molecule has 0 aliphatic rings. The van der Waals surface area contributed by atoms with E-state index in [-0.39, 0.29) is 17.3 Å². The van der Waals surface area contributed by atoms with Gasteiger partial charge < -0.3 is 0 Å². The Bertz CT molecular complexity index is 626. The normalized spacial score (nSPS) is 11.1. The summed E-state index contributed by atoms with van der Waals surface area (Å²) in [6.45, 7) is 1.83. The van der Waals surface area contributed by atoms with E-state index < -0.39 is 9.05 Å². The Balaban J connectivity index is 0.00000128. The second-order valence-corrected chi connectivity index (χ2v) is 5.72. The molecule has 0 radical (unpaired) electrons. The molecule has 0 N–H and O–H groups in total. The minimum atomic E-state index is -3.70. The Morgan fingerprint density at radius 2 is 1.88 bits per heavy atom. The molecule has 1 aromatic carbocycles. The Morgan fingerprint density at radius 3 is 2.50 bits per heavy atom. The first kappa shape index (κ1) is 13.2. The molecular formula is C10H9Cl2NO2S. The van der Waals surface area contributed by atoms with Gasteiger partial charge in [0.25, 0.3) is 9.05 Å². The first-order valence-corrected chi connectivity index (χ1v) is 6.60. The lowest BCUT2D eigenvalue weighted by Crippen LogP contribution is -1.93. The van der Waals surface area contributed by atoms with Gasteiger partial charge in [0.1, 0.15) is 0 Å². The SMILES string of the molecule is Cc1nccc2c(S(=O)(=O)Cl)cccc12.Cl. The molecule has 1 heterocycles. The number of fused-ring (bicyclic) bond motifs is 1. The lowest BCUT2D eigenvalue weighted by molar-refractivity contribution is 0.610. The molecule has 0 aliphatic heterocycles. The first-order valence-electron chi connectivity index (χ1n) is 4.29. The number of aromatic nitrogens is 1. The zero-order valence-corrected chi connectivity index (χ0v) is 10.7. The van der Waals surface area contributed by atoms with Crippen molar-refractivity contribution in [2.45, 2.75) is 11.8 Å². The van der Waals surface area contributed by atoms with Gasteiger partial charge in [0.2, 0.25) is 0 Å². The van der Waals surface area contributed by atoms with E-state index in [1.165, 1.54) is 6.07 Å². The van der Waals surface area contributed by atoms with Crippen LogP contribution in [-0.4, -0.2) is 13.4 Å². The van der Waals surface area contributed by atoms with Gasteiger partial charge in [-0.15, -0.1) is 12.4 Å². The maximum Gasteiger partial charge on any atom is 0.261 e. The van der Waals surface area contributed by atoms with Gasteiger partial charge in [0, 0.05) is 33.3 Å². The van der Waals surface area contributed by atoms with Crippen LogP contribution in [0.5, 0.6) is 0 Å². The van der Waals surface area contributed by atoms with Crippen molar-refractivity contribution in [1.82, 2.24) is 4.98 Å². The van der Waals surface area contributed by atoms with Gasteiger partial charge in [0.15, 0.2) is 0 Å². The van der Waals surface area contributed by atoms with Crippen LogP contribution < -0.4 is 0 Å². The average molecular weight is 278 g/mol. The van der Waals surface area contributed by atoms with E-state index in [1.54, 1.807) is 18.3 Å². The van der Waals surface area contributed by atoms with E-state index in [4.69, 9.17) is 10.7 Å². The molecule has 16 heavy (non-hydrogen) atoms. The second kappa shape index (κ2) is 4.57. The van der Waals surface area contributed by atoms with Crippen molar-refractivity contribution in [3.05, 3.63) is 36.2 Å². The highest BCUT2D eigenvalue weighted by atomic mass is 35.7.